The molecule has 3 heteroatoms. The number of thiophene rings is 1. The number of aryl methyl sites for hydroxylation is 1. The summed E-state index contributed by atoms with van der Waals surface area (Å²) in [6, 6.07) is 11.9. The lowest BCUT2D eigenvalue weighted by Gasteiger charge is -2.10. The van der Waals surface area contributed by atoms with Crippen LogP contribution in [-0.4, -0.2) is 5.11 Å². The maximum atomic E-state index is 10.3. The number of halogens is 1. The van der Waals surface area contributed by atoms with Crippen LogP contribution in [0.2, 0.25) is 0 Å². The van der Waals surface area contributed by atoms with Gasteiger partial charge in [-0.2, -0.15) is 0 Å². The second-order valence-corrected chi connectivity index (χ2v) is 5.64. The first-order valence-corrected chi connectivity index (χ1v) is 6.84. The van der Waals surface area contributed by atoms with Crippen molar-refractivity contribution in [2.75, 3.05) is 0 Å². The summed E-state index contributed by atoms with van der Waals surface area (Å²) in [4.78, 5) is 2.31. The lowest BCUT2D eigenvalue weighted by atomic mass is 10.1. The fraction of sp³-hybridized carbons (Fsp3) is 0.231. The first-order valence-electron chi connectivity index (χ1n) is 5.23. The minimum absolute atomic E-state index is 0.527. The number of rotatable bonds is 3. The van der Waals surface area contributed by atoms with Crippen LogP contribution >= 0.6 is 27.3 Å². The smallest absolute Gasteiger partial charge is 0.114 e. The van der Waals surface area contributed by atoms with Gasteiger partial charge >= 0.3 is 0 Å². The molecule has 0 aliphatic heterocycles. The van der Waals surface area contributed by atoms with Gasteiger partial charge in [0.05, 0.1) is 0 Å². The molecule has 0 saturated heterocycles. The Bertz CT molecular complexity index is 478. The summed E-state index contributed by atoms with van der Waals surface area (Å²) < 4.78 is 0.953. The Morgan fingerprint density at radius 1 is 1.25 bits per heavy atom. The Kier molecular flexibility index (Phi) is 3.79. The van der Waals surface area contributed by atoms with Crippen LogP contribution in [0.1, 0.15) is 28.3 Å². The molecular formula is C13H13BrOS. The highest BCUT2D eigenvalue weighted by Crippen LogP contribution is 2.32. The fourth-order valence-corrected chi connectivity index (χ4v) is 3.04. The molecule has 0 fully saturated rings. The van der Waals surface area contributed by atoms with Crippen LogP contribution in [0, 0.1) is 0 Å². The highest BCUT2D eigenvalue weighted by Gasteiger charge is 2.14. The van der Waals surface area contributed by atoms with Gasteiger partial charge in [0, 0.05) is 14.2 Å². The monoisotopic (exact) mass is 296 g/mol. The highest BCUT2D eigenvalue weighted by molar-refractivity contribution is 9.10. The quantitative estimate of drug-likeness (QED) is 0.902. The zero-order chi connectivity index (χ0) is 11.5. The van der Waals surface area contributed by atoms with Gasteiger partial charge in [-0.15, -0.1) is 11.3 Å². The Balaban J connectivity index is 2.31. The second-order valence-electron chi connectivity index (χ2n) is 3.58. The summed E-state index contributed by atoms with van der Waals surface area (Å²) in [5.74, 6) is 0. The molecule has 0 bridgehead atoms. The van der Waals surface area contributed by atoms with Crippen molar-refractivity contribution in [1.29, 1.82) is 0 Å². The van der Waals surface area contributed by atoms with Crippen molar-refractivity contribution in [2.45, 2.75) is 19.4 Å². The van der Waals surface area contributed by atoms with E-state index in [9.17, 15) is 5.11 Å². The van der Waals surface area contributed by atoms with Crippen LogP contribution in [0.5, 0.6) is 0 Å². The molecule has 0 radical (unpaired) electrons. The molecule has 1 atom stereocenters. The topological polar surface area (TPSA) is 20.2 Å². The van der Waals surface area contributed by atoms with Gasteiger partial charge in [0.1, 0.15) is 6.10 Å². The molecule has 0 aliphatic rings. The zero-order valence-corrected chi connectivity index (χ0v) is 11.4. The van der Waals surface area contributed by atoms with E-state index in [1.165, 1.54) is 4.88 Å². The number of hydrogen-bond acceptors (Lipinski definition) is 2. The van der Waals surface area contributed by atoms with Crippen molar-refractivity contribution >= 4 is 27.3 Å². The third-order valence-corrected chi connectivity index (χ3v) is 4.50. The van der Waals surface area contributed by atoms with Crippen molar-refractivity contribution in [1.82, 2.24) is 0 Å². The van der Waals surface area contributed by atoms with E-state index in [1.807, 2.05) is 30.3 Å². The molecule has 0 saturated carbocycles. The molecule has 2 rings (SSSR count). The van der Waals surface area contributed by atoms with E-state index >= 15 is 0 Å². The number of aliphatic hydroxyl groups excluding tert-OH is 1. The second kappa shape index (κ2) is 5.13. The van der Waals surface area contributed by atoms with E-state index in [0.717, 1.165) is 21.3 Å². The zero-order valence-electron chi connectivity index (χ0n) is 8.98. The largest absolute Gasteiger partial charge is 0.383 e. The number of aliphatic hydroxyl groups is 1. The lowest BCUT2D eigenvalue weighted by molar-refractivity contribution is 0.223. The molecule has 0 aliphatic carbocycles. The molecule has 84 valence electrons. The van der Waals surface area contributed by atoms with Crippen molar-refractivity contribution in [3.8, 4) is 0 Å². The molecule has 1 unspecified atom stereocenters. The third kappa shape index (κ3) is 2.37. The summed E-state index contributed by atoms with van der Waals surface area (Å²) in [7, 11) is 0. The molecule has 0 spiro atoms. The summed E-state index contributed by atoms with van der Waals surface area (Å²) in [5, 5.41) is 10.3. The summed E-state index contributed by atoms with van der Waals surface area (Å²) in [5.41, 5.74) is 0.923. The summed E-state index contributed by atoms with van der Waals surface area (Å²) >= 11 is 5.14. The first kappa shape index (κ1) is 11.8. The van der Waals surface area contributed by atoms with Gasteiger partial charge in [-0.3, -0.25) is 0 Å². The standard InChI is InChI=1S/C13H13BrOS/c1-2-9-7-8-12(16-9)13(15)10-5-3-4-6-11(10)14/h3-8,13,15H,2H2,1H3. The van der Waals surface area contributed by atoms with Crippen molar-refractivity contribution in [3.63, 3.8) is 0 Å². The first-order chi connectivity index (χ1) is 7.72. The van der Waals surface area contributed by atoms with Crippen LogP contribution in [0.4, 0.5) is 0 Å². The van der Waals surface area contributed by atoms with Gasteiger partial charge in [-0.1, -0.05) is 41.1 Å². The van der Waals surface area contributed by atoms with Crippen LogP contribution in [0.3, 0.4) is 0 Å². The van der Waals surface area contributed by atoms with Crippen LogP contribution in [0.15, 0.2) is 40.9 Å². The van der Waals surface area contributed by atoms with E-state index in [2.05, 4.69) is 28.9 Å². The molecule has 1 nitrogen and oxygen atoms in total. The predicted octanol–water partition coefficient (Wildman–Crippen LogP) is 4.15. The fourth-order valence-electron chi connectivity index (χ4n) is 1.58. The maximum absolute atomic E-state index is 10.3. The Morgan fingerprint density at radius 2 is 2.00 bits per heavy atom. The van der Waals surface area contributed by atoms with Gasteiger partial charge in [-0.25, -0.2) is 0 Å². The molecule has 0 amide bonds. The summed E-state index contributed by atoms with van der Waals surface area (Å²) in [6.45, 7) is 2.13. The summed E-state index contributed by atoms with van der Waals surface area (Å²) in [6.07, 6.45) is 0.494. The van der Waals surface area contributed by atoms with E-state index < -0.39 is 6.10 Å². The normalized spacial score (nSPS) is 12.7. The molecular weight excluding hydrogens is 284 g/mol. The molecule has 1 heterocycles. The van der Waals surface area contributed by atoms with Crippen LogP contribution in [0.25, 0.3) is 0 Å². The third-order valence-electron chi connectivity index (χ3n) is 2.50. The minimum atomic E-state index is -0.527. The van der Waals surface area contributed by atoms with E-state index in [-0.39, 0.29) is 0 Å². The van der Waals surface area contributed by atoms with Crippen LogP contribution in [-0.2, 0) is 6.42 Å². The van der Waals surface area contributed by atoms with E-state index in [0.29, 0.717) is 0 Å². The van der Waals surface area contributed by atoms with Gasteiger partial charge in [0.15, 0.2) is 0 Å². The predicted molar refractivity (Wildman–Crippen MR) is 71.9 cm³/mol. The van der Waals surface area contributed by atoms with Gasteiger partial charge in [0.25, 0.3) is 0 Å². The van der Waals surface area contributed by atoms with Gasteiger partial charge in [0.2, 0.25) is 0 Å². The molecule has 1 aromatic heterocycles. The number of benzene rings is 1. The van der Waals surface area contributed by atoms with Crippen molar-refractivity contribution in [3.05, 3.63) is 56.2 Å². The van der Waals surface area contributed by atoms with Crippen molar-refractivity contribution < 1.29 is 5.11 Å². The Hall–Kier alpha value is -0.640. The maximum Gasteiger partial charge on any atom is 0.114 e. The van der Waals surface area contributed by atoms with E-state index in [4.69, 9.17) is 0 Å². The van der Waals surface area contributed by atoms with Crippen molar-refractivity contribution in [2.24, 2.45) is 0 Å². The molecule has 16 heavy (non-hydrogen) atoms. The number of hydrogen-bond donors (Lipinski definition) is 1. The lowest BCUT2D eigenvalue weighted by Crippen LogP contribution is -1.97. The van der Waals surface area contributed by atoms with Gasteiger partial charge < -0.3 is 5.11 Å². The Morgan fingerprint density at radius 3 is 2.62 bits per heavy atom. The molecule has 1 N–H and O–H groups in total. The highest BCUT2D eigenvalue weighted by atomic mass is 79.9. The molecule has 1 aromatic carbocycles. The average molecular weight is 297 g/mol. The van der Waals surface area contributed by atoms with Crippen LogP contribution < -0.4 is 0 Å². The molecule has 2 aromatic rings. The Labute approximate surface area is 108 Å². The SMILES string of the molecule is CCc1ccc(C(O)c2ccccc2Br)s1. The minimum Gasteiger partial charge on any atom is -0.383 e. The van der Waals surface area contributed by atoms with E-state index in [1.54, 1.807) is 11.3 Å². The van der Waals surface area contributed by atoms with Gasteiger partial charge in [-0.05, 0) is 30.2 Å². The average Bonchev–Trinajstić information content (AvgIpc) is 2.77.